The van der Waals surface area contributed by atoms with Crippen molar-refractivity contribution >= 4 is 32.4 Å². The quantitative estimate of drug-likeness (QED) is 0.744. The molecule has 0 amide bonds. The highest BCUT2D eigenvalue weighted by atomic mass is 127. The molecular weight excluding hydrogens is 373 g/mol. The minimum Gasteiger partial charge on any atom is -0.259 e. The fourth-order valence-corrected chi connectivity index (χ4v) is 4.07. The van der Waals surface area contributed by atoms with Gasteiger partial charge in [-0.1, -0.05) is 32.1 Å². The third kappa shape index (κ3) is 3.08. The van der Waals surface area contributed by atoms with E-state index < -0.39 is 9.84 Å². The summed E-state index contributed by atoms with van der Waals surface area (Å²) in [6, 6.07) is 3.34. The third-order valence-corrected chi connectivity index (χ3v) is 5.78. The lowest BCUT2D eigenvalue weighted by atomic mass is 9.87. The molecule has 1 aliphatic carbocycles. The van der Waals surface area contributed by atoms with Gasteiger partial charge in [0.05, 0.1) is 16.3 Å². The second-order valence-electron chi connectivity index (χ2n) is 4.59. The lowest BCUT2D eigenvalue weighted by Crippen LogP contribution is -2.16. The van der Waals surface area contributed by atoms with Crippen molar-refractivity contribution in [3.05, 3.63) is 45.8 Å². The highest BCUT2D eigenvalue weighted by molar-refractivity contribution is 14.1. The molecule has 1 aliphatic rings. The topological polar surface area (TPSA) is 47.0 Å². The minimum absolute atomic E-state index is 0.0241. The SMILES string of the molecule is CCS(=O)(=O)c1cccnc1C1C=CC(I)=CC1C. The summed E-state index contributed by atoms with van der Waals surface area (Å²) in [6.45, 7) is 3.75. The molecule has 5 heteroatoms. The standard InChI is InChI=1S/C14H16INO2S/c1-3-19(17,18)13-5-4-8-16-14(13)12-7-6-11(15)9-10(12)2/h4-10,12H,3H2,1-2H3. The zero-order valence-electron chi connectivity index (χ0n) is 10.9. The van der Waals surface area contributed by atoms with Gasteiger partial charge in [0.2, 0.25) is 0 Å². The van der Waals surface area contributed by atoms with Gasteiger partial charge in [-0.3, -0.25) is 4.98 Å². The highest BCUT2D eigenvalue weighted by Gasteiger charge is 2.26. The maximum atomic E-state index is 12.2. The number of nitrogens with zero attached hydrogens (tertiary/aromatic N) is 1. The number of hydrogen-bond donors (Lipinski definition) is 0. The van der Waals surface area contributed by atoms with Crippen LogP contribution in [0, 0.1) is 5.92 Å². The fraction of sp³-hybridized carbons (Fsp3) is 0.357. The van der Waals surface area contributed by atoms with E-state index in [0.29, 0.717) is 10.6 Å². The molecule has 102 valence electrons. The van der Waals surface area contributed by atoms with E-state index >= 15 is 0 Å². The predicted octanol–water partition coefficient (Wildman–Crippen LogP) is 3.48. The molecule has 0 radical (unpaired) electrons. The molecule has 1 aromatic rings. The molecule has 0 saturated heterocycles. The Morgan fingerprint density at radius 1 is 1.42 bits per heavy atom. The summed E-state index contributed by atoms with van der Waals surface area (Å²) >= 11 is 2.27. The Kier molecular flexibility index (Phi) is 4.45. The summed E-state index contributed by atoms with van der Waals surface area (Å²) in [7, 11) is -3.23. The fourth-order valence-electron chi connectivity index (χ4n) is 2.19. The first-order valence-electron chi connectivity index (χ1n) is 6.19. The van der Waals surface area contributed by atoms with Crippen LogP contribution in [0.1, 0.15) is 25.5 Å². The van der Waals surface area contributed by atoms with Gasteiger partial charge in [0.1, 0.15) is 0 Å². The van der Waals surface area contributed by atoms with Crippen LogP contribution in [0.25, 0.3) is 0 Å². The third-order valence-electron chi connectivity index (χ3n) is 3.28. The molecule has 3 nitrogen and oxygen atoms in total. The van der Waals surface area contributed by atoms with Crippen LogP contribution < -0.4 is 0 Å². The van der Waals surface area contributed by atoms with Crippen LogP contribution in [-0.2, 0) is 9.84 Å². The van der Waals surface area contributed by atoms with Gasteiger partial charge >= 0.3 is 0 Å². The van der Waals surface area contributed by atoms with Gasteiger partial charge in [-0.2, -0.15) is 0 Å². The normalized spacial score (nSPS) is 23.2. The lowest BCUT2D eigenvalue weighted by Gasteiger charge is -2.23. The smallest absolute Gasteiger partial charge is 0.179 e. The Morgan fingerprint density at radius 2 is 2.16 bits per heavy atom. The average molecular weight is 389 g/mol. The molecule has 1 aromatic heterocycles. The summed E-state index contributed by atoms with van der Waals surface area (Å²) in [5.74, 6) is 0.373. The molecule has 0 bridgehead atoms. The second-order valence-corrected chi connectivity index (χ2v) is 8.08. The van der Waals surface area contributed by atoms with Gasteiger partial charge in [-0.05, 0) is 40.6 Å². The molecule has 2 unspecified atom stereocenters. The Balaban J connectivity index is 2.51. The van der Waals surface area contributed by atoms with Gasteiger partial charge < -0.3 is 0 Å². The van der Waals surface area contributed by atoms with Crippen molar-refractivity contribution in [1.82, 2.24) is 4.98 Å². The summed E-state index contributed by atoms with van der Waals surface area (Å²) in [6.07, 6.45) is 7.86. The Bertz CT molecular complexity index is 635. The van der Waals surface area contributed by atoms with Crippen molar-refractivity contribution < 1.29 is 8.42 Å². The molecule has 2 atom stereocenters. The Labute approximate surface area is 127 Å². The predicted molar refractivity (Wildman–Crippen MR) is 85.1 cm³/mol. The van der Waals surface area contributed by atoms with Crippen LogP contribution in [0.2, 0.25) is 0 Å². The molecule has 19 heavy (non-hydrogen) atoms. The van der Waals surface area contributed by atoms with E-state index in [2.05, 4.69) is 40.6 Å². The Hall–Kier alpha value is -0.690. The van der Waals surface area contributed by atoms with Gasteiger partial charge in [0.25, 0.3) is 0 Å². The molecular formula is C14H16INO2S. The summed E-state index contributed by atoms with van der Waals surface area (Å²) in [4.78, 5) is 4.70. The van der Waals surface area contributed by atoms with Gasteiger partial charge in [-0.15, -0.1) is 0 Å². The average Bonchev–Trinajstić information content (AvgIpc) is 2.39. The molecule has 1 heterocycles. The molecule has 0 saturated carbocycles. The largest absolute Gasteiger partial charge is 0.259 e. The Morgan fingerprint density at radius 3 is 2.79 bits per heavy atom. The van der Waals surface area contributed by atoms with Gasteiger partial charge in [-0.25, -0.2) is 8.42 Å². The molecule has 0 aromatic carbocycles. The number of hydrogen-bond acceptors (Lipinski definition) is 3. The molecule has 0 N–H and O–H groups in total. The molecule has 0 aliphatic heterocycles. The van der Waals surface area contributed by atoms with Crippen LogP contribution in [-0.4, -0.2) is 19.2 Å². The van der Waals surface area contributed by atoms with Crippen LogP contribution in [0.5, 0.6) is 0 Å². The van der Waals surface area contributed by atoms with Crippen molar-refractivity contribution in [2.45, 2.75) is 24.7 Å². The summed E-state index contributed by atoms with van der Waals surface area (Å²) < 4.78 is 25.5. The van der Waals surface area contributed by atoms with E-state index in [9.17, 15) is 8.42 Å². The van der Waals surface area contributed by atoms with Crippen molar-refractivity contribution in [1.29, 1.82) is 0 Å². The summed E-state index contributed by atoms with van der Waals surface area (Å²) in [5, 5.41) is 0. The maximum absolute atomic E-state index is 12.2. The molecule has 0 fully saturated rings. The van der Waals surface area contributed by atoms with Gasteiger partial charge in [0.15, 0.2) is 9.84 Å². The van der Waals surface area contributed by atoms with Crippen LogP contribution in [0.4, 0.5) is 0 Å². The van der Waals surface area contributed by atoms with Crippen LogP contribution >= 0.6 is 22.6 Å². The van der Waals surface area contributed by atoms with Gasteiger partial charge in [0, 0.05) is 15.7 Å². The molecule has 0 spiro atoms. The monoisotopic (exact) mass is 389 g/mol. The number of aromatic nitrogens is 1. The van der Waals surface area contributed by atoms with E-state index in [0.717, 1.165) is 0 Å². The van der Waals surface area contributed by atoms with Crippen molar-refractivity contribution in [3.63, 3.8) is 0 Å². The van der Waals surface area contributed by atoms with Crippen LogP contribution in [0.15, 0.2) is 45.0 Å². The number of rotatable bonds is 3. The minimum atomic E-state index is -3.23. The van der Waals surface area contributed by atoms with Crippen molar-refractivity contribution in [2.24, 2.45) is 5.92 Å². The van der Waals surface area contributed by atoms with Crippen molar-refractivity contribution in [2.75, 3.05) is 5.75 Å². The zero-order chi connectivity index (χ0) is 14.0. The first-order chi connectivity index (χ1) is 8.95. The maximum Gasteiger partial charge on any atom is 0.179 e. The van der Waals surface area contributed by atoms with Crippen LogP contribution in [0.3, 0.4) is 0 Å². The lowest BCUT2D eigenvalue weighted by molar-refractivity contribution is 0.581. The van der Waals surface area contributed by atoms with E-state index in [4.69, 9.17) is 0 Å². The number of allylic oxidation sites excluding steroid dienone is 4. The van der Waals surface area contributed by atoms with Crippen molar-refractivity contribution in [3.8, 4) is 0 Å². The zero-order valence-corrected chi connectivity index (χ0v) is 13.8. The number of pyridine rings is 1. The number of sulfone groups is 1. The van der Waals surface area contributed by atoms with E-state index in [1.54, 1.807) is 25.3 Å². The van der Waals surface area contributed by atoms with E-state index in [-0.39, 0.29) is 17.6 Å². The highest BCUT2D eigenvalue weighted by Crippen LogP contribution is 2.35. The molecule has 2 rings (SSSR count). The van der Waals surface area contributed by atoms with E-state index in [1.807, 2.05) is 12.2 Å². The summed E-state index contributed by atoms with van der Waals surface area (Å²) in [5.41, 5.74) is 0.660. The second kappa shape index (κ2) is 5.75. The first kappa shape index (κ1) is 14.7. The first-order valence-corrected chi connectivity index (χ1v) is 8.92. The van der Waals surface area contributed by atoms with E-state index in [1.165, 1.54) is 3.58 Å². The number of halogens is 1.